The van der Waals surface area contributed by atoms with Crippen LogP contribution in [0.5, 0.6) is 0 Å². The van der Waals surface area contributed by atoms with Crippen LogP contribution in [0, 0.1) is 23.6 Å². The zero-order valence-corrected chi connectivity index (χ0v) is 18.9. The minimum absolute atomic E-state index is 0.159. The van der Waals surface area contributed by atoms with Crippen LogP contribution in [0.15, 0.2) is 42.5 Å². The monoisotopic (exact) mass is 404 g/mol. The Labute approximate surface area is 183 Å². The molecule has 0 spiro atoms. The van der Waals surface area contributed by atoms with Crippen LogP contribution in [0.4, 0.5) is 4.39 Å². The summed E-state index contributed by atoms with van der Waals surface area (Å²) in [5, 5.41) is 0. The molecule has 0 unspecified atom stereocenters. The lowest BCUT2D eigenvalue weighted by atomic mass is 9.78. The molecule has 1 aliphatic rings. The van der Waals surface area contributed by atoms with E-state index < -0.39 is 0 Å². The molecule has 1 saturated carbocycles. The van der Waals surface area contributed by atoms with Gasteiger partial charge in [0.1, 0.15) is 5.82 Å². The molecule has 0 amide bonds. The van der Waals surface area contributed by atoms with Gasteiger partial charge in [0.25, 0.3) is 0 Å². The van der Waals surface area contributed by atoms with Gasteiger partial charge in [0.05, 0.1) is 5.56 Å². The molecule has 0 heterocycles. The second-order valence-electron chi connectivity index (χ2n) is 8.93. The number of benzene rings is 2. The lowest BCUT2D eigenvalue weighted by Crippen LogP contribution is -2.12. The molecule has 3 rings (SSSR count). The molecule has 1 aliphatic carbocycles. The van der Waals surface area contributed by atoms with Crippen molar-refractivity contribution in [2.75, 3.05) is 0 Å². The fourth-order valence-electron chi connectivity index (χ4n) is 4.48. The van der Waals surface area contributed by atoms with Crippen molar-refractivity contribution in [3.05, 3.63) is 70.5 Å². The highest BCUT2D eigenvalue weighted by Gasteiger charge is 2.21. The Bertz CT molecular complexity index is 829. The quantitative estimate of drug-likeness (QED) is 0.307. The summed E-state index contributed by atoms with van der Waals surface area (Å²) in [4.78, 5) is 0. The number of rotatable bonds is 8. The van der Waals surface area contributed by atoms with Crippen LogP contribution in [-0.4, -0.2) is 0 Å². The highest BCUT2D eigenvalue weighted by atomic mass is 19.1. The second kappa shape index (κ2) is 11.9. The predicted molar refractivity (Wildman–Crippen MR) is 126 cm³/mol. The fraction of sp³-hybridized carbons (Fsp3) is 0.517. The molecule has 0 bridgehead atoms. The second-order valence-corrected chi connectivity index (χ2v) is 8.93. The van der Waals surface area contributed by atoms with Crippen molar-refractivity contribution < 1.29 is 4.39 Å². The molecule has 2 aromatic carbocycles. The van der Waals surface area contributed by atoms with Gasteiger partial charge < -0.3 is 0 Å². The average molecular weight is 405 g/mol. The summed E-state index contributed by atoms with van der Waals surface area (Å²) in [6, 6.07) is 14.9. The highest BCUT2D eigenvalue weighted by molar-refractivity contribution is 5.38. The Morgan fingerprint density at radius 2 is 1.47 bits per heavy atom. The molecule has 2 aromatic rings. The summed E-state index contributed by atoms with van der Waals surface area (Å²) in [7, 11) is 0. The first-order valence-electron chi connectivity index (χ1n) is 12.1. The van der Waals surface area contributed by atoms with E-state index in [1.54, 1.807) is 6.07 Å². The Kier molecular flexibility index (Phi) is 9.00. The predicted octanol–water partition coefficient (Wildman–Crippen LogP) is 8.23. The average Bonchev–Trinajstić information content (AvgIpc) is 2.78. The maximum Gasteiger partial charge on any atom is 0.139 e. The molecular weight excluding hydrogens is 367 g/mol. The van der Waals surface area contributed by atoms with Crippen LogP contribution in [0.3, 0.4) is 0 Å². The van der Waals surface area contributed by atoms with Crippen molar-refractivity contribution in [3.8, 4) is 11.8 Å². The van der Waals surface area contributed by atoms with Crippen LogP contribution in [0.1, 0.15) is 99.8 Å². The molecule has 0 aliphatic heterocycles. The molecule has 0 N–H and O–H groups in total. The van der Waals surface area contributed by atoms with Gasteiger partial charge in [-0.25, -0.2) is 4.39 Å². The number of hydrogen-bond acceptors (Lipinski definition) is 0. The molecule has 30 heavy (non-hydrogen) atoms. The smallest absolute Gasteiger partial charge is 0.139 e. The summed E-state index contributed by atoms with van der Waals surface area (Å²) < 4.78 is 14.4. The van der Waals surface area contributed by atoms with Gasteiger partial charge in [0.15, 0.2) is 0 Å². The maximum absolute atomic E-state index is 14.4. The summed E-state index contributed by atoms with van der Waals surface area (Å²) in [6.07, 6.45) is 12.8. The van der Waals surface area contributed by atoms with Crippen molar-refractivity contribution in [1.29, 1.82) is 0 Å². The highest BCUT2D eigenvalue weighted by Crippen LogP contribution is 2.35. The van der Waals surface area contributed by atoms with E-state index in [1.165, 1.54) is 56.1 Å². The minimum Gasteiger partial charge on any atom is -0.206 e. The zero-order chi connectivity index (χ0) is 21.2. The lowest BCUT2D eigenvalue weighted by Gasteiger charge is -2.26. The summed E-state index contributed by atoms with van der Waals surface area (Å²) in [5.41, 5.74) is 4.58. The molecule has 1 heteroatoms. The Balaban J connectivity index is 1.51. The molecular formula is C29H37F. The van der Waals surface area contributed by atoms with E-state index in [-0.39, 0.29) is 5.82 Å². The number of halogens is 1. The first-order valence-corrected chi connectivity index (χ1v) is 12.1. The van der Waals surface area contributed by atoms with Gasteiger partial charge in [-0.15, -0.1) is 0 Å². The Hall–Kier alpha value is -2.07. The molecule has 0 saturated heterocycles. The first kappa shape index (κ1) is 22.6. The number of aryl methyl sites for hydroxylation is 2. The van der Waals surface area contributed by atoms with Gasteiger partial charge in [-0.2, -0.15) is 0 Å². The van der Waals surface area contributed by atoms with Crippen molar-refractivity contribution >= 4 is 0 Å². The van der Waals surface area contributed by atoms with Gasteiger partial charge in [-0.1, -0.05) is 75.3 Å². The SMILES string of the molecule is CCCCCc1ccc(C#C[C@H]2CC[C@H](c3ccc(CCCC)cc3)CC2)c(F)c1. The molecule has 0 nitrogen and oxygen atoms in total. The molecule has 0 radical (unpaired) electrons. The van der Waals surface area contributed by atoms with Crippen molar-refractivity contribution in [2.45, 2.75) is 90.4 Å². The third-order valence-corrected chi connectivity index (χ3v) is 6.51. The van der Waals surface area contributed by atoms with E-state index in [1.807, 2.05) is 12.1 Å². The van der Waals surface area contributed by atoms with Gasteiger partial charge in [-0.05, 0) is 86.1 Å². The van der Waals surface area contributed by atoms with Crippen molar-refractivity contribution in [2.24, 2.45) is 5.92 Å². The van der Waals surface area contributed by atoms with E-state index in [0.717, 1.165) is 31.2 Å². The van der Waals surface area contributed by atoms with E-state index in [4.69, 9.17) is 0 Å². The van der Waals surface area contributed by atoms with Gasteiger partial charge in [-0.3, -0.25) is 0 Å². The van der Waals surface area contributed by atoms with Crippen LogP contribution in [-0.2, 0) is 12.8 Å². The third-order valence-electron chi connectivity index (χ3n) is 6.51. The largest absolute Gasteiger partial charge is 0.206 e. The number of unbranched alkanes of at least 4 members (excludes halogenated alkanes) is 3. The number of hydrogen-bond donors (Lipinski definition) is 0. The van der Waals surface area contributed by atoms with Gasteiger partial charge in [0.2, 0.25) is 0 Å². The van der Waals surface area contributed by atoms with Crippen LogP contribution in [0.2, 0.25) is 0 Å². The van der Waals surface area contributed by atoms with E-state index in [0.29, 0.717) is 17.4 Å². The Morgan fingerprint density at radius 1 is 0.800 bits per heavy atom. The van der Waals surface area contributed by atoms with E-state index in [9.17, 15) is 4.39 Å². The van der Waals surface area contributed by atoms with Crippen molar-refractivity contribution in [1.82, 2.24) is 0 Å². The maximum atomic E-state index is 14.4. The van der Waals surface area contributed by atoms with Crippen molar-refractivity contribution in [3.63, 3.8) is 0 Å². The standard InChI is InChI=1S/C29H37F/c1-3-5-7-9-25-15-21-28(29(30)22-25)20-14-24-12-18-27(19-13-24)26-16-10-23(11-17-26)8-6-4-2/h10-11,15-17,21-22,24,27H,3-9,12-13,18-19H2,1-2H3/t24-,27-. The Morgan fingerprint density at radius 3 is 2.13 bits per heavy atom. The van der Waals surface area contributed by atoms with E-state index in [2.05, 4.69) is 50.0 Å². The summed E-state index contributed by atoms with van der Waals surface area (Å²) >= 11 is 0. The topological polar surface area (TPSA) is 0 Å². The van der Waals surface area contributed by atoms with Crippen LogP contribution in [0.25, 0.3) is 0 Å². The molecule has 0 atom stereocenters. The molecule has 0 aromatic heterocycles. The summed E-state index contributed by atoms with van der Waals surface area (Å²) in [6.45, 7) is 4.44. The normalized spacial score (nSPS) is 18.6. The van der Waals surface area contributed by atoms with Gasteiger partial charge >= 0.3 is 0 Å². The fourth-order valence-corrected chi connectivity index (χ4v) is 4.48. The minimum atomic E-state index is -0.159. The van der Waals surface area contributed by atoms with Crippen LogP contribution < -0.4 is 0 Å². The van der Waals surface area contributed by atoms with Gasteiger partial charge in [0, 0.05) is 5.92 Å². The van der Waals surface area contributed by atoms with Crippen LogP contribution >= 0.6 is 0 Å². The summed E-state index contributed by atoms with van der Waals surface area (Å²) in [5.74, 6) is 7.39. The van der Waals surface area contributed by atoms with E-state index >= 15 is 0 Å². The third kappa shape index (κ3) is 6.73. The lowest BCUT2D eigenvalue weighted by molar-refractivity contribution is 0.384. The zero-order valence-electron chi connectivity index (χ0n) is 18.9. The first-order chi connectivity index (χ1) is 14.7. The molecule has 160 valence electrons. The molecule has 1 fully saturated rings.